The van der Waals surface area contributed by atoms with Crippen LogP contribution in [0.2, 0.25) is 0 Å². The van der Waals surface area contributed by atoms with E-state index in [4.69, 9.17) is 5.73 Å². The van der Waals surface area contributed by atoms with Crippen LogP contribution in [0.3, 0.4) is 0 Å². The fourth-order valence-electron chi connectivity index (χ4n) is 1.42. The van der Waals surface area contributed by atoms with Crippen molar-refractivity contribution in [3.8, 4) is 0 Å². The SMILES string of the molecule is Cc1ncn(CCn2ccc(N)n2)c(=O)c1Br. The number of aromatic nitrogens is 4. The van der Waals surface area contributed by atoms with Crippen LogP contribution in [0.15, 0.2) is 27.9 Å². The number of nitrogens with two attached hydrogens (primary N) is 1. The first-order valence-electron chi connectivity index (χ1n) is 5.08. The number of aryl methyl sites for hydroxylation is 3. The van der Waals surface area contributed by atoms with Crippen molar-refractivity contribution in [3.63, 3.8) is 0 Å². The van der Waals surface area contributed by atoms with Crippen LogP contribution in [0.5, 0.6) is 0 Å². The maximum absolute atomic E-state index is 11.8. The molecule has 7 heteroatoms. The van der Waals surface area contributed by atoms with Crippen molar-refractivity contribution in [1.29, 1.82) is 0 Å². The van der Waals surface area contributed by atoms with Gasteiger partial charge in [0.25, 0.3) is 5.56 Å². The molecule has 0 aromatic carbocycles. The quantitative estimate of drug-likeness (QED) is 0.909. The zero-order valence-electron chi connectivity index (χ0n) is 9.30. The smallest absolute Gasteiger partial charge is 0.267 e. The van der Waals surface area contributed by atoms with Crippen LogP contribution in [0.1, 0.15) is 5.69 Å². The topological polar surface area (TPSA) is 78.7 Å². The van der Waals surface area contributed by atoms with Crippen molar-refractivity contribution in [2.24, 2.45) is 0 Å². The molecule has 0 amide bonds. The van der Waals surface area contributed by atoms with Gasteiger partial charge in [0.2, 0.25) is 0 Å². The Kier molecular flexibility index (Phi) is 3.28. The summed E-state index contributed by atoms with van der Waals surface area (Å²) >= 11 is 3.22. The van der Waals surface area contributed by atoms with Crippen LogP contribution >= 0.6 is 15.9 Å². The van der Waals surface area contributed by atoms with Gasteiger partial charge in [0.05, 0.1) is 18.6 Å². The largest absolute Gasteiger partial charge is 0.382 e. The molecule has 0 unspecified atom stereocenters. The van der Waals surface area contributed by atoms with Crippen LogP contribution in [0.25, 0.3) is 0 Å². The summed E-state index contributed by atoms with van der Waals surface area (Å²) in [5.41, 5.74) is 6.11. The summed E-state index contributed by atoms with van der Waals surface area (Å²) in [7, 11) is 0. The van der Waals surface area contributed by atoms with Gasteiger partial charge in [-0.3, -0.25) is 14.0 Å². The van der Waals surface area contributed by atoms with Crippen LogP contribution in [-0.4, -0.2) is 19.3 Å². The highest BCUT2D eigenvalue weighted by Crippen LogP contribution is 2.06. The van der Waals surface area contributed by atoms with Crippen molar-refractivity contribution in [2.75, 3.05) is 5.73 Å². The molecule has 0 bridgehead atoms. The van der Waals surface area contributed by atoms with E-state index in [1.165, 1.54) is 10.9 Å². The fourth-order valence-corrected chi connectivity index (χ4v) is 1.75. The van der Waals surface area contributed by atoms with Gasteiger partial charge in [0, 0.05) is 12.7 Å². The molecule has 2 aromatic heterocycles. The molecule has 6 nitrogen and oxygen atoms in total. The highest BCUT2D eigenvalue weighted by molar-refractivity contribution is 9.10. The van der Waals surface area contributed by atoms with E-state index in [1.54, 1.807) is 23.9 Å². The maximum Gasteiger partial charge on any atom is 0.267 e. The van der Waals surface area contributed by atoms with E-state index >= 15 is 0 Å². The molecular weight excluding hydrogens is 286 g/mol. The van der Waals surface area contributed by atoms with E-state index in [2.05, 4.69) is 26.0 Å². The predicted octanol–water partition coefficient (Wildman–Crippen LogP) is 0.793. The van der Waals surface area contributed by atoms with Crippen molar-refractivity contribution in [3.05, 3.63) is 39.1 Å². The van der Waals surface area contributed by atoms with Gasteiger partial charge in [-0.15, -0.1) is 0 Å². The summed E-state index contributed by atoms with van der Waals surface area (Å²) in [4.78, 5) is 16.0. The summed E-state index contributed by atoms with van der Waals surface area (Å²) in [6, 6.07) is 1.71. The molecule has 0 saturated carbocycles. The highest BCUT2D eigenvalue weighted by atomic mass is 79.9. The second-order valence-electron chi connectivity index (χ2n) is 3.65. The molecule has 2 N–H and O–H groups in total. The molecule has 0 saturated heterocycles. The van der Waals surface area contributed by atoms with Crippen molar-refractivity contribution in [2.45, 2.75) is 20.0 Å². The lowest BCUT2D eigenvalue weighted by Gasteiger charge is -2.06. The zero-order valence-corrected chi connectivity index (χ0v) is 10.9. The number of nitrogens with zero attached hydrogens (tertiary/aromatic N) is 4. The number of rotatable bonds is 3. The number of nitrogen functional groups attached to an aromatic ring is 1. The first-order chi connectivity index (χ1) is 8.08. The Morgan fingerprint density at radius 1 is 1.47 bits per heavy atom. The van der Waals surface area contributed by atoms with Crippen LogP contribution in [0, 0.1) is 6.92 Å². The minimum atomic E-state index is -0.0855. The first kappa shape index (κ1) is 11.8. The summed E-state index contributed by atoms with van der Waals surface area (Å²) in [5, 5.41) is 4.04. The van der Waals surface area contributed by atoms with Crippen LogP contribution < -0.4 is 11.3 Å². The van der Waals surface area contributed by atoms with E-state index in [9.17, 15) is 4.79 Å². The number of anilines is 1. The third-order valence-electron chi connectivity index (χ3n) is 2.39. The average Bonchev–Trinajstić information content (AvgIpc) is 2.71. The minimum Gasteiger partial charge on any atom is -0.382 e. The number of halogens is 1. The molecule has 0 atom stereocenters. The van der Waals surface area contributed by atoms with E-state index in [-0.39, 0.29) is 5.56 Å². The summed E-state index contributed by atoms with van der Waals surface area (Å²) in [6.07, 6.45) is 3.31. The Labute approximate surface area is 106 Å². The summed E-state index contributed by atoms with van der Waals surface area (Å²) < 4.78 is 3.73. The Balaban J connectivity index is 2.15. The minimum absolute atomic E-state index is 0.0855. The molecule has 2 rings (SSSR count). The Hall–Kier alpha value is -1.63. The molecule has 0 radical (unpaired) electrons. The molecule has 17 heavy (non-hydrogen) atoms. The molecule has 0 spiro atoms. The van der Waals surface area contributed by atoms with Gasteiger partial charge in [-0.05, 0) is 28.9 Å². The molecule has 0 aliphatic rings. The van der Waals surface area contributed by atoms with Gasteiger partial charge in [0.15, 0.2) is 0 Å². The fraction of sp³-hybridized carbons (Fsp3) is 0.300. The second kappa shape index (κ2) is 4.70. The monoisotopic (exact) mass is 297 g/mol. The van der Waals surface area contributed by atoms with Gasteiger partial charge in [0.1, 0.15) is 10.3 Å². The molecular formula is C10H12BrN5O. The summed E-state index contributed by atoms with van der Waals surface area (Å²) in [5.74, 6) is 0.473. The normalized spacial score (nSPS) is 10.7. The van der Waals surface area contributed by atoms with Gasteiger partial charge in [-0.1, -0.05) is 0 Å². The lowest BCUT2D eigenvalue weighted by atomic mass is 10.4. The molecule has 90 valence electrons. The molecule has 2 aromatic rings. The van der Waals surface area contributed by atoms with Crippen LogP contribution in [0.4, 0.5) is 5.82 Å². The maximum atomic E-state index is 11.8. The first-order valence-corrected chi connectivity index (χ1v) is 5.87. The van der Waals surface area contributed by atoms with Crippen molar-refractivity contribution >= 4 is 21.7 Å². The Morgan fingerprint density at radius 2 is 2.24 bits per heavy atom. The lowest BCUT2D eigenvalue weighted by Crippen LogP contribution is -2.24. The standard InChI is InChI=1S/C10H12BrN5O/c1-7-9(11)10(17)15(6-13-7)4-5-16-3-2-8(12)14-16/h2-3,6H,4-5H2,1H3,(H2,12,14). The van der Waals surface area contributed by atoms with Gasteiger partial charge in [-0.2, -0.15) is 5.10 Å². The van der Waals surface area contributed by atoms with E-state index in [0.29, 0.717) is 29.1 Å². The number of hydrogen-bond donors (Lipinski definition) is 1. The van der Waals surface area contributed by atoms with Gasteiger partial charge in [-0.25, -0.2) is 4.98 Å². The predicted molar refractivity (Wildman–Crippen MR) is 67.6 cm³/mol. The van der Waals surface area contributed by atoms with Gasteiger partial charge >= 0.3 is 0 Å². The molecule has 0 aliphatic heterocycles. The van der Waals surface area contributed by atoms with Crippen LogP contribution in [-0.2, 0) is 13.1 Å². The van der Waals surface area contributed by atoms with Gasteiger partial charge < -0.3 is 5.73 Å². The van der Waals surface area contributed by atoms with Crippen molar-refractivity contribution in [1.82, 2.24) is 19.3 Å². The van der Waals surface area contributed by atoms with E-state index in [0.717, 1.165) is 0 Å². The molecule has 2 heterocycles. The lowest BCUT2D eigenvalue weighted by molar-refractivity contribution is 0.518. The zero-order chi connectivity index (χ0) is 12.4. The Bertz CT molecular complexity index is 589. The third-order valence-corrected chi connectivity index (χ3v) is 3.30. The molecule has 0 fully saturated rings. The van der Waals surface area contributed by atoms with E-state index in [1.807, 2.05) is 0 Å². The third kappa shape index (κ3) is 2.55. The second-order valence-corrected chi connectivity index (χ2v) is 4.44. The Morgan fingerprint density at radius 3 is 2.88 bits per heavy atom. The van der Waals surface area contributed by atoms with Crippen molar-refractivity contribution < 1.29 is 0 Å². The highest BCUT2D eigenvalue weighted by Gasteiger charge is 2.05. The number of hydrogen-bond acceptors (Lipinski definition) is 4. The average molecular weight is 298 g/mol. The van der Waals surface area contributed by atoms with E-state index < -0.39 is 0 Å². The molecule has 0 aliphatic carbocycles. The summed E-state index contributed by atoms with van der Waals surface area (Å²) in [6.45, 7) is 2.87.